The van der Waals surface area contributed by atoms with Crippen molar-refractivity contribution in [1.29, 1.82) is 0 Å². The van der Waals surface area contributed by atoms with Crippen molar-refractivity contribution >= 4 is 18.0 Å². The highest BCUT2D eigenvalue weighted by Crippen LogP contribution is 2.32. The molecule has 1 aromatic carbocycles. The Bertz CT molecular complexity index is 412. The van der Waals surface area contributed by atoms with Gasteiger partial charge in [-0.15, -0.1) is 4.40 Å². The molecule has 0 radical (unpaired) electrons. The summed E-state index contributed by atoms with van der Waals surface area (Å²) in [6.45, 7) is 0. The largest absolute Gasteiger partial charge is 0.416 e. The molecule has 0 saturated carbocycles. The molecule has 0 heterocycles. The highest BCUT2D eigenvalue weighted by Gasteiger charge is 2.31. The standard InChI is InChI=1S/C8H3F4NOS/c9-6-1-5(8(10,11)12)2-7(3-6)15-13-4-14/h1-3H. The maximum absolute atomic E-state index is 12.7. The summed E-state index contributed by atoms with van der Waals surface area (Å²) in [6, 6.07) is 1.92. The number of halogens is 4. The third kappa shape index (κ3) is 3.38. The summed E-state index contributed by atoms with van der Waals surface area (Å²) in [5.74, 6) is -1.03. The van der Waals surface area contributed by atoms with Crippen LogP contribution in [-0.4, -0.2) is 6.08 Å². The normalized spacial score (nSPS) is 10.9. The summed E-state index contributed by atoms with van der Waals surface area (Å²) in [7, 11) is 0. The average molecular weight is 237 g/mol. The third-order valence-corrected chi connectivity index (χ3v) is 2.00. The van der Waals surface area contributed by atoms with Gasteiger partial charge in [0.05, 0.1) is 5.56 Å². The molecule has 0 atom stereocenters. The molecule has 0 aromatic heterocycles. The molecule has 0 bridgehead atoms. The number of alkyl halides is 3. The fraction of sp³-hybridized carbons (Fsp3) is 0.125. The Labute approximate surface area is 86.1 Å². The summed E-state index contributed by atoms with van der Waals surface area (Å²) < 4.78 is 52.3. The van der Waals surface area contributed by atoms with E-state index < -0.39 is 17.6 Å². The first-order valence-corrected chi connectivity index (χ1v) is 4.33. The van der Waals surface area contributed by atoms with Gasteiger partial charge < -0.3 is 0 Å². The monoisotopic (exact) mass is 237 g/mol. The van der Waals surface area contributed by atoms with Crippen LogP contribution in [-0.2, 0) is 11.0 Å². The molecule has 0 N–H and O–H groups in total. The predicted molar refractivity (Wildman–Crippen MR) is 45.4 cm³/mol. The Morgan fingerprint density at radius 1 is 1.27 bits per heavy atom. The van der Waals surface area contributed by atoms with Crippen molar-refractivity contribution in [3.63, 3.8) is 0 Å². The molecule has 80 valence electrons. The van der Waals surface area contributed by atoms with Crippen molar-refractivity contribution in [3.8, 4) is 0 Å². The van der Waals surface area contributed by atoms with Crippen LogP contribution in [0.4, 0.5) is 17.6 Å². The number of hydrogen-bond acceptors (Lipinski definition) is 3. The minimum atomic E-state index is -4.62. The van der Waals surface area contributed by atoms with Gasteiger partial charge in [-0.25, -0.2) is 9.18 Å². The second kappa shape index (κ2) is 4.46. The minimum Gasteiger partial charge on any atom is -0.210 e. The van der Waals surface area contributed by atoms with Gasteiger partial charge in [0.25, 0.3) is 0 Å². The Morgan fingerprint density at radius 3 is 2.47 bits per heavy atom. The van der Waals surface area contributed by atoms with E-state index in [1.54, 1.807) is 0 Å². The van der Waals surface area contributed by atoms with Gasteiger partial charge in [-0.2, -0.15) is 13.2 Å². The number of benzene rings is 1. The zero-order chi connectivity index (χ0) is 11.5. The van der Waals surface area contributed by atoms with Crippen LogP contribution >= 0.6 is 11.9 Å². The zero-order valence-corrected chi connectivity index (χ0v) is 7.82. The SMILES string of the molecule is O=C=NSc1cc(F)cc(C(F)(F)F)c1. The average Bonchev–Trinajstić information content (AvgIpc) is 2.12. The lowest BCUT2D eigenvalue weighted by atomic mass is 10.2. The summed E-state index contributed by atoms with van der Waals surface area (Å²) in [5, 5.41) is 0. The van der Waals surface area contributed by atoms with Gasteiger partial charge in [0.15, 0.2) is 0 Å². The number of carbonyl (C=O) groups excluding carboxylic acids is 1. The molecule has 15 heavy (non-hydrogen) atoms. The first-order valence-electron chi connectivity index (χ1n) is 3.55. The van der Waals surface area contributed by atoms with Crippen molar-refractivity contribution in [2.45, 2.75) is 11.1 Å². The van der Waals surface area contributed by atoms with Crippen molar-refractivity contribution in [1.82, 2.24) is 0 Å². The summed E-state index contributed by atoms with van der Waals surface area (Å²) in [5.41, 5.74) is -1.12. The maximum Gasteiger partial charge on any atom is 0.416 e. The Morgan fingerprint density at radius 2 is 1.93 bits per heavy atom. The van der Waals surface area contributed by atoms with E-state index in [2.05, 4.69) is 4.40 Å². The minimum absolute atomic E-state index is 0.106. The van der Waals surface area contributed by atoms with Gasteiger partial charge in [0.1, 0.15) is 5.82 Å². The topological polar surface area (TPSA) is 29.4 Å². The van der Waals surface area contributed by atoms with Crippen LogP contribution in [0.25, 0.3) is 0 Å². The van der Waals surface area contributed by atoms with E-state index in [0.717, 1.165) is 12.1 Å². The smallest absolute Gasteiger partial charge is 0.210 e. The molecule has 0 aliphatic heterocycles. The van der Waals surface area contributed by atoms with E-state index in [1.807, 2.05) is 0 Å². The van der Waals surface area contributed by atoms with Crippen LogP contribution in [0.15, 0.2) is 27.5 Å². The number of nitrogens with zero attached hydrogens (tertiary/aromatic N) is 1. The molecule has 2 nitrogen and oxygen atoms in total. The van der Waals surface area contributed by atoms with Gasteiger partial charge in [-0.05, 0) is 18.2 Å². The van der Waals surface area contributed by atoms with E-state index in [0.29, 0.717) is 24.1 Å². The van der Waals surface area contributed by atoms with Gasteiger partial charge >= 0.3 is 6.18 Å². The van der Waals surface area contributed by atoms with E-state index in [4.69, 9.17) is 0 Å². The van der Waals surface area contributed by atoms with Gasteiger partial charge in [-0.3, -0.25) is 0 Å². The fourth-order valence-electron chi connectivity index (χ4n) is 0.850. The van der Waals surface area contributed by atoms with Crippen LogP contribution in [0.3, 0.4) is 0 Å². The van der Waals surface area contributed by atoms with Crippen molar-refractivity contribution in [3.05, 3.63) is 29.6 Å². The highest BCUT2D eigenvalue weighted by atomic mass is 32.2. The molecule has 0 aliphatic carbocycles. The van der Waals surface area contributed by atoms with E-state index in [9.17, 15) is 22.4 Å². The van der Waals surface area contributed by atoms with Gasteiger partial charge in [0.2, 0.25) is 6.08 Å². The van der Waals surface area contributed by atoms with Gasteiger partial charge in [-0.1, -0.05) is 0 Å². The molecule has 0 amide bonds. The highest BCUT2D eigenvalue weighted by molar-refractivity contribution is 7.98. The first-order chi connectivity index (χ1) is 6.93. The molecule has 1 rings (SSSR count). The van der Waals surface area contributed by atoms with Crippen LogP contribution in [0.1, 0.15) is 5.56 Å². The molecule has 0 aliphatic rings. The predicted octanol–water partition coefficient (Wildman–Crippen LogP) is 3.19. The van der Waals surface area contributed by atoms with Crippen molar-refractivity contribution < 1.29 is 22.4 Å². The van der Waals surface area contributed by atoms with Gasteiger partial charge in [0, 0.05) is 16.8 Å². The summed E-state index contributed by atoms with van der Waals surface area (Å²) in [4.78, 5) is 9.61. The van der Waals surface area contributed by atoms with Crippen molar-refractivity contribution in [2.24, 2.45) is 4.40 Å². The fourth-order valence-corrected chi connectivity index (χ4v) is 1.34. The van der Waals surface area contributed by atoms with Crippen LogP contribution in [0.5, 0.6) is 0 Å². The number of hydrogen-bond donors (Lipinski definition) is 0. The zero-order valence-electron chi connectivity index (χ0n) is 7.01. The molecule has 1 aromatic rings. The second-order valence-corrected chi connectivity index (χ2v) is 3.28. The Balaban J connectivity index is 3.10. The third-order valence-electron chi connectivity index (χ3n) is 1.39. The molecule has 7 heteroatoms. The maximum atomic E-state index is 12.7. The van der Waals surface area contributed by atoms with Crippen LogP contribution in [0, 0.1) is 5.82 Å². The summed E-state index contributed by atoms with van der Waals surface area (Å²) >= 11 is 0.426. The molecule has 0 saturated heterocycles. The first kappa shape index (κ1) is 11.7. The quantitative estimate of drug-likeness (QED) is 0.342. The molecule has 0 spiro atoms. The number of rotatable bonds is 2. The van der Waals surface area contributed by atoms with Crippen LogP contribution in [0.2, 0.25) is 0 Å². The Hall–Kier alpha value is -1.33. The van der Waals surface area contributed by atoms with E-state index >= 15 is 0 Å². The van der Waals surface area contributed by atoms with Crippen LogP contribution < -0.4 is 0 Å². The number of isocyanates is 1. The Kier molecular flexibility index (Phi) is 3.49. The molecule has 0 fully saturated rings. The van der Waals surface area contributed by atoms with E-state index in [1.165, 1.54) is 0 Å². The lowest BCUT2D eigenvalue weighted by molar-refractivity contribution is -0.137. The lowest BCUT2D eigenvalue weighted by Gasteiger charge is -2.07. The van der Waals surface area contributed by atoms with E-state index in [-0.39, 0.29) is 4.90 Å². The molecule has 0 unspecified atom stereocenters. The molecular formula is C8H3F4NOS. The lowest BCUT2D eigenvalue weighted by Crippen LogP contribution is -2.05. The summed E-state index contributed by atoms with van der Waals surface area (Å²) in [6.07, 6.45) is -3.49. The van der Waals surface area contributed by atoms with Crippen molar-refractivity contribution in [2.75, 3.05) is 0 Å². The molecular weight excluding hydrogens is 234 g/mol. The second-order valence-electron chi connectivity index (χ2n) is 2.45.